The fourth-order valence-electron chi connectivity index (χ4n) is 1.47. The molecule has 0 aliphatic rings. The van der Waals surface area contributed by atoms with Gasteiger partial charge < -0.3 is 5.32 Å². The molecule has 2 amide bonds. The Morgan fingerprint density at radius 3 is 2.76 bits per heavy atom. The van der Waals surface area contributed by atoms with Gasteiger partial charge in [-0.05, 0) is 23.6 Å². The molecule has 0 fully saturated rings. The number of nitrogens with one attached hydrogen (secondary N) is 2. The number of carbonyl (C=O) groups is 2. The highest BCUT2D eigenvalue weighted by atomic mass is 35.5. The van der Waals surface area contributed by atoms with E-state index in [-0.39, 0.29) is 6.54 Å². The Hall–Kier alpha value is -2.18. The van der Waals surface area contributed by atoms with Crippen molar-refractivity contribution >= 4 is 41.0 Å². The van der Waals surface area contributed by atoms with Crippen LogP contribution >= 0.6 is 22.9 Å². The first-order valence-corrected chi connectivity index (χ1v) is 7.30. The number of hydrogen-bond donors (Lipinski definition) is 2. The number of amides is 2. The maximum Gasteiger partial charge on any atom is 0.259 e. The molecule has 1 aromatic carbocycles. The Morgan fingerprint density at radius 1 is 1.24 bits per heavy atom. The van der Waals surface area contributed by atoms with E-state index in [1.165, 1.54) is 11.3 Å². The molecule has 7 heteroatoms. The van der Waals surface area contributed by atoms with Crippen LogP contribution in [-0.2, 0) is 4.79 Å². The smallest absolute Gasteiger partial charge is 0.259 e. The summed E-state index contributed by atoms with van der Waals surface area (Å²) in [6.45, 7) is -0.175. The minimum atomic E-state index is -0.414. The molecule has 0 aliphatic heterocycles. The molecule has 0 unspecified atom stereocenters. The molecular weight excluding hydrogens is 310 g/mol. The largest absolute Gasteiger partial charge is 0.343 e. The molecule has 2 N–H and O–H groups in total. The minimum Gasteiger partial charge on any atom is -0.343 e. The Bertz CT molecular complexity index is 656. The van der Waals surface area contributed by atoms with Crippen LogP contribution in [0.25, 0.3) is 0 Å². The van der Waals surface area contributed by atoms with Crippen LogP contribution in [0, 0.1) is 0 Å². The van der Waals surface area contributed by atoms with E-state index in [9.17, 15) is 9.59 Å². The van der Waals surface area contributed by atoms with Gasteiger partial charge in [0.15, 0.2) is 0 Å². The molecular formula is C14H12ClN3O2S. The van der Waals surface area contributed by atoms with E-state index in [2.05, 4.69) is 15.8 Å². The lowest BCUT2D eigenvalue weighted by molar-refractivity contribution is -0.120. The first kappa shape index (κ1) is 15.2. The number of thiophene rings is 1. The Labute approximate surface area is 130 Å². The van der Waals surface area contributed by atoms with Gasteiger partial charge in [-0.3, -0.25) is 9.59 Å². The second-order valence-corrected chi connectivity index (χ2v) is 5.36. The number of hydrazone groups is 1. The van der Waals surface area contributed by atoms with Crippen molar-refractivity contribution in [3.8, 4) is 0 Å². The topological polar surface area (TPSA) is 70.6 Å². The molecule has 0 bridgehead atoms. The van der Waals surface area contributed by atoms with Gasteiger partial charge in [0, 0.05) is 4.88 Å². The normalized spacial score (nSPS) is 10.5. The third-order valence-corrected chi connectivity index (χ3v) is 3.59. The number of rotatable bonds is 5. The number of nitrogens with zero attached hydrogens (tertiary/aromatic N) is 1. The van der Waals surface area contributed by atoms with Crippen molar-refractivity contribution < 1.29 is 9.59 Å². The van der Waals surface area contributed by atoms with Crippen molar-refractivity contribution in [1.29, 1.82) is 0 Å². The SMILES string of the molecule is O=C(CNC(=O)c1ccccc1Cl)N/N=C\c1cccs1. The molecule has 0 atom stereocenters. The van der Waals surface area contributed by atoms with Gasteiger partial charge in [-0.2, -0.15) is 5.10 Å². The maximum atomic E-state index is 11.8. The van der Waals surface area contributed by atoms with Crippen LogP contribution in [-0.4, -0.2) is 24.6 Å². The molecule has 0 spiro atoms. The highest BCUT2D eigenvalue weighted by Gasteiger charge is 2.10. The van der Waals surface area contributed by atoms with Crippen molar-refractivity contribution in [3.63, 3.8) is 0 Å². The zero-order valence-corrected chi connectivity index (χ0v) is 12.4. The van der Waals surface area contributed by atoms with Crippen LogP contribution in [0.4, 0.5) is 0 Å². The van der Waals surface area contributed by atoms with E-state index in [1.807, 2.05) is 17.5 Å². The third kappa shape index (κ3) is 4.70. The predicted molar refractivity (Wildman–Crippen MR) is 83.8 cm³/mol. The quantitative estimate of drug-likeness (QED) is 0.655. The molecule has 0 aliphatic carbocycles. The number of hydrogen-bond acceptors (Lipinski definition) is 4. The summed E-state index contributed by atoms with van der Waals surface area (Å²) in [4.78, 5) is 24.3. The van der Waals surface area contributed by atoms with E-state index in [0.717, 1.165) is 4.88 Å². The van der Waals surface area contributed by atoms with E-state index < -0.39 is 11.8 Å². The number of halogens is 1. The van der Waals surface area contributed by atoms with Crippen LogP contribution in [0.1, 0.15) is 15.2 Å². The molecule has 0 saturated heterocycles. The first-order chi connectivity index (χ1) is 10.2. The Balaban J connectivity index is 1.79. The second-order valence-electron chi connectivity index (χ2n) is 3.97. The lowest BCUT2D eigenvalue weighted by atomic mass is 10.2. The van der Waals surface area contributed by atoms with Crippen LogP contribution in [0.3, 0.4) is 0 Å². The number of benzene rings is 1. The Kier molecular flexibility index (Phi) is 5.48. The van der Waals surface area contributed by atoms with E-state index in [4.69, 9.17) is 11.6 Å². The molecule has 0 saturated carbocycles. The van der Waals surface area contributed by atoms with Crippen LogP contribution in [0.2, 0.25) is 5.02 Å². The van der Waals surface area contributed by atoms with E-state index >= 15 is 0 Å². The van der Waals surface area contributed by atoms with Gasteiger partial charge in [0.2, 0.25) is 0 Å². The predicted octanol–water partition coefficient (Wildman–Crippen LogP) is 2.28. The summed E-state index contributed by atoms with van der Waals surface area (Å²) in [6, 6.07) is 10.4. The Morgan fingerprint density at radius 2 is 2.05 bits per heavy atom. The summed E-state index contributed by atoms with van der Waals surface area (Å²) in [5.41, 5.74) is 2.66. The van der Waals surface area contributed by atoms with E-state index in [1.54, 1.807) is 30.5 Å². The lowest BCUT2D eigenvalue weighted by Gasteiger charge is -2.05. The van der Waals surface area contributed by atoms with Crippen LogP contribution < -0.4 is 10.7 Å². The van der Waals surface area contributed by atoms with Crippen molar-refractivity contribution in [1.82, 2.24) is 10.7 Å². The monoisotopic (exact) mass is 321 g/mol. The maximum absolute atomic E-state index is 11.8. The van der Waals surface area contributed by atoms with Gasteiger partial charge in [-0.15, -0.1) is 11.3 Å². The molecule has 1 heterocycles. The molecule has 5 nitrogen and oxygen atoms in total. The first-order valence-electron chi connectivity index (χ1n) is 6.05. The standard InChI is InChI=1S/C14H12ClN3O2S/c15-12-6-2-1-5-11(12)14(20)16-9-13(19)18-17-8-10-4-3-7-21-10/h1-8H,9H2,(H,16,20)(H,18,19)/b17-8-. The average Bonchev–Trinajstić information content (AvgIpc) is 2.98. The molecule has 0 radical (unpaired) electrons. The van der Waals surface area contributed by atoms with Gasteiger partial charge in [-0.25, -0.2) is 5.43 Å². The summed E-state index contributed by atoms with van der Waals surface area (Å²) < 4.78 is 0. The molecule has 21 heavy (non-hydrogen) atoms. The zero-order valence-electron chi connectivity index (χ0n) is 10.9. The summed E-state index contributed by atoms with van der Waals surface area (Å²) in [6.07, 6.45) is 1.54. The third-order valence-electron chi connectivity index (χ3n) is 2.45. The van der Waals surface area contributed by atoms with Crippen molar-refractivity contribution in [2.45, 2.75) is 0 Å². The van der Waals surface area contributed by atoms with Crippen LogP contribution in [0.5, 0.6) is 0 Å². The summed E-state index contributed by atoms with van der Waals surface area (Å²) in [7, 11) is 0. The van der Waals surface area contributed by atoms with Gasteiger partial charge in [0.25, 0.3) is 11.8 Å². The van der Waals surface area contributed by atoms with Crippen LogP contribution in [0.15, 0.2) is 46.9 Å². The zero-order chi connectivity index (χ0) is 15.1. The lowest BCUT2D eigenvalue weighted by Crippen LogP contribution is -2.35. The van der Waals surface area contributed by atoms with Crippen molar-refractivity contribution in [3.05, 3.63) is 57.2 Å². The minimum absolute atomic E-state index is 0.175. The molecule has 1 aromatic heterocycles. The molecule has 2 aromatic rings. The second kappa shape index (κ2) is 7.56. The van der Waals surface area contributed by atoms with Gasteiger partial charge in [0.05, 0.1) is 23.3 Å². The summed E-state index contributed by atoms with van der Waals surface area (Å²) in [5.74, 6) is -0.818. The summed E-state index contributed by atoms with van der Waals surface area (Å²) >= 11 is 7.40. The molecule has 108 valence electrons. The average molecular weight is 322 g/mol. The van der Waals surface area contributed by atoms with Crippen molar-refractivity contribution in [2.24, 2.45) is 5.10 Å². The van der Waals surface area contributed by atoms with Gasteiger partial charge >= 0.3 is 0 Å². The van der Waals surface area contributed by atoms with E-state index in [0.29, 0.717) is 10.6 Å². The number of carbonyl (C=O) groups excluding carboxylic acids is 2. The van der Waals surface area contributed by atoms with Gasteiger partial charge in [-0.1, -0.05) is 29.8 Å². The molecule has 2 rings (SSSR count). The highest BCUT2D eigenvalue weighted by Crippen LogP contribution is 2.14. The fourth-order valence-corrected chi connectivity index (χ4v) is 2.28. The highest BCUT2D eigenvalue weighted by molar-refractivity contribution is 7.11. The summed E-state index contributed by atoms with van der Waals surface area (Å²) in [5, 5.41) is 8.52. The van der Waals surface area contributed by atoms with Crippen molar-refractivity contribution in [2.75, 3.05) is 6.54 Å². The van der Waals surface area contributed by atoms with Gasteiger partial charge in [0.1, 0.15) is 0 Å². The fraction of sp³-hybridized carbons (Fsp3) is 0.0714.